The summed E-state index contributed by atoms with van der Waals surface area (Å²) in [5.74, 6) is 0. The molecule has 35 heavy (non-hydrogen) atoms. The molecule has 0 bridgehead atoms. The normalized spacial score (nSPS) is 13.5. The maximum absolute atomic E-state index is 6.71. The van der Waals surface area contributed by atoms with Crippen LogP contribution in [0.2, 0.25) is 0 Å². The van der Waals surface area contributed by atoms with Gasteiger partial charge in [-0.2, -0.15) is 0 Å². The van der Waals surface area contributed by atoms with E-state index in [9.17, 15) is 0 Å². The van der Waals surface area contributed by atoms with Crippen LogP contribution in [-0.4, -0.2) is 14.4 Å². The maximum atomic E-state index is 6.71. The predicted octanol–water partition coefficient (Wildman–Crippen LogP) is 5.94. The first-order valence-electron chi connectivity index (χ1n) is 11.5. The molecular weight excluding hydrogens is 465 g/mol. The van der Waals surface area contributed by atoms with Gasteiger partial charge in [0.2, 0.25) is 0 Å². The predicted molar refractivity (Wildman–Crippen MR) is 152 cm³/mol. The van der Waals surface area contributed by atoms with Gasteiger partial charge in [0.15, 0.2) is 0 Å². The van der Waals surface area contributed by atoms with Crippen LogP contribution in [0.3, 0.4) is 0 Å². The fourth-order valence-electron chi connectivity index (χ4n) is 5.19. The summed E-state index contributed by atoms with van der Waals surface area (Å²) in [6, 6.07) is 35.7. The monoisotopic (exact) mass is 485 g/mol. The van der Waals surface area contributed by atoms with Gasteiger partial charge in [-0.1, -0.05) is 103 Å². The summed E-state index contributed by atoms with van der Waals surface area (Å²) in [7, 11) is 0. The topological polar surface area (TPSA) is 30.2 Å². The summed E-state index contributed by atoms with van der Waals surface area (Å²) in [6.45, 7) is 0. The highest BCUT2D eigenvalue weighted by atomic mass is 32.4. The van der Waals surface area contributed by atoms with Crippen molar-refractivity contribution in [2.45, 2.75) is 0 Å². The first-order chi connectivity index (χ1) is 17.3. The molecular formula is C30H20N3PS. The van der Waals surface area contributed by atoms with E-state index in [1.54, 1.807) is 0 Å². The Bertz CT molecular complexity index is 1880. The van der Waals surface area contributed by atoms with Crippen molar-refractivity contribution in [1.29, 1.82) is 0 Å². The Hall–Kier alpha value is -3.85. The Morgan fingerprint density at radius 1 is 0.629 bits per heavy atom. The van der Waals surface area contributed by atoms with Crippen LogP contribution >= 0.6 is 6.04 Å². The van der Waals surface area contributed by atoms with Gasteiger partial charge < -0.3 is 0 Å². The Labute approximate surface area is 207 Å². The quantitative estimate of drug-likeness (QED) is 0.229. The van der Waals surface area contributed by atoms with Crippen LogP contribution in [0, 0.1) is 0 Å². The van der Waals surface area contributed by atoms with Crippen LogP contribution in [0.4, 0.5) is 0 Å². The third-order valence-corrected chi connectivity index (χ3v) is 11.6. The Morgan fingerprint density at radius 3 is 2.14 bits per heavy atom. The average Bonchev–Trinajstić information content (AvgIpc) is 3.34. The molecule has 0 fully saturated rings. The molecule has 3 heterocycles. The molecule has 0 saturated carbocycles. The maximum Gasteiger partial charge on any atom is 0.146 e. The van der Waals surface area contributed by atoms with Gasteiger partial charge in [0.1, 0.15) is 5.65 Å². The van der Waals surface area contributed by atoms with Crippen molar-refractivity contribution in [2.24, 2.45) is 0 Å². The average molecular weight is 486 g/mol. The number of para-hydroxylation sites is 2. The number of hydrogen-bond donors (Lipinski definition) is 0. The molecule has 5 heteroatoms. The summed E-state index contributed by atoms with van der Waals surface area (Å²) >= 11 is 6.71. The van der Waals surface area contributed by atoms with Gasteiger partial charge >= 0.3 is 0 Å². The zero-order chi connectivity index (χ0) is 23.4. The minimum atomic E-state index is -2.42. The van der Waals surface area contributed by atoms with Gasteiger partial charge in [0.05, 0.1) is 16.6 Å². The molecule has 7 rings (SSSR count). The van der Waals surface area contributed by atoms with Crippen molar-refractivity contribution in [3.8, 4) is 0 Å². The van der Waals surface area contributed by atoms with Gasteiger partial charge in [0.25, 0.3) is 0 Å². The van der Waals surface area contributed by atoms with Gasteiger partial charge in [0, 0.05) is 39.8 Å². The molecule has 0 spiro atoms. The van der Waals surface area contributed by atoms with E-state index < -0.39 is 6.04 Å². The second kappa shape index (κ2) is 7.84. The Balaban J connectivity index is 1.72. The number of benzene rings is 4. The van der Waals surface area contributed by atoms with E-state index in [1.807, 2.05) is 24.5 Å². The number of pyridine rings is 2. The smallest absolute Gasteiger partial charge is 0.146 e. The van der Waals surface area contributed by atoms with Gasteiger partial charge in [-0.25, -0.2) is 4.98 Å². The molecule has 0 radical (unpaired) electrons. The molecule has 1 atom stereocenters. The first-order valence-corrected chi connectivity index (χ1v) is 14.3. The van der Waals surface area contributed by atoms with E-state index in [4.69, 9.17) is 16.8 Å². The molecule has 0 saturated heterocycles. The molecule has 0 amide bonds. The van der Waals surface area contributed by atoms with Gasteiger partial charge in [-0.3, -0.25) is 9.38 Å². The first kappa shape index (κ1) is 20.5. The summed E-state index contributed by atoms with van der Waals surface area (Å²) in [5, 5.41) is 6.92. The molecule has 4 aromatic carbocycles. The van der Waals surface area contributed by atoms with E-state index in [0.29, 0.717) is 0 Å². The summed E-state index contributed by atoms with van der Waals surface area (Å²) in [5.41, 5.74) is 4.14. The SMILES string of the molecule is S=P(c1ccccc1)(c1cccnc1)c1cccc2nc3c4ccccc4c4ccccc4n3c12. The third kappa shape index (κ3) is 2.94. The molecule has 166 valence electrons. The Kier molecular flexibility index (Phi) is 4.60. The van der Waals surface area contributed by atoms with E-state index >= 15 is 0 Å². The highest BCUT2D eigenvalue weighted by Gasteiger charge is 2.29. The lowest BCUT2D eigenvalue weighted by molar-refractivity contribution is 1.32. The van der Waals surface area contributed by atoms with Crippen LogP contribution in [0.15, 0.2) is 122 Å². The number of rotatable bonds is 3. The number of imidazole rings is 1. The number of hydrogen-bond acceptors (Lipinski definition) is 3. The highest BCUT2D eigenvalue weighted by Crippen LogP contribution is 2.45. The minimum Gasteiger partial charge on any atom is -0.291 e. The van der Waals surface area contributed by atoms with Crippen LogP contribution < -0.4 is 15.9 Å². The van der Waals surface area contributed by atoms with Crippen molar-refractivity contribution in [2.75, 3.05) is 0 Å². The molecule has 0 N–H and O–H groups in total. The van der Waals surface area contributed by atoms with Crippen molar-refractivity contribution in [1.82, 2.24) is 14.4 Å². The van der Waals surface area contributed by atoms with E-state index in [1.165, 1.54) is 10.8 Å². The van der Waals surface area contributed by atoms with Crippen LogP contribution in [0.1, 0.15) is 0 Å². The zero-order valence-electron chi connectivity index (χ0n) is 18.7. The van der Waals surface area contributed by atoms with Crippen molar-refractivity contribution < 1.29 is 0 Å². The second-order valence-corrected chi connectivity index (χ2v) is 13.0. The molecule has 0 aliphatic carbocycles. The number of fused-ring (bicyclic) bond motifs is 8. The third-order valence-electron chi connectivity index (χ3n) is 6.73. The van der Waals surface area contributed by atoms with Crippen molar-refractivity contribution in [3.05, 3.63) is 122 Å². The lowest BCUT2D eigenvalue weighted by Gasteiger charge is -2.24. The lowest BCUT2D eigenvalue weighted by Crippen LogP contribution is -2.26. The van der Waals surface area contributed by atoms with Crippen LogP contribution in [-0.2, 0) is 11.8 Å². The summed E-state index contributed by atoms with van der Waals surface area (Å²) in [6.07, 6.45) is 3.74. The van der Waals surface area contributed by atoms with Crippen LogP contribution in [0.25, 0.3) is 38.4 Å². The van der Waals surface area contributed by atoms with Crippen LogP contribution in [0.5, 0.6) is 0 Å². The van der Waals surface area contributed by atoms with Gasteiger partial charge in [-0.05, 0) is 28.9 Å². The lowest BCUT2D eigenvalue weighted by atomic mass is 10.1. The summed E-state index contributed by atoms with van der Waals surface area (Å²) < 4.78 is 2.32. The fourth-order valence-corrected chi connectivity index (χ4v) is 9.10. The zero-order valence-corrected chi connectivity index (χ0v) is 20.5. The van der Waals surface area contributed by atoms with E-state index in [0.717, 1.165) is 43.5 Å². The molecule has 7 aromatic rings. The van der Waals surface area contributed by atoms with Crippen molar-refractivity contribution >= 4 is 72.1 Å². The molecule has 0 aliphatic rings. The molecule has 3 nitrogen and oxygen atoms in total. The largest absolute Gasteiger partial charge is 0.291 e. The molecule has 0 aliphatic heterocycles. The minimum absolute atomic E-state index is 0.957. The number of aromatic nitrogens is 3. The Morgan fingerprint density at radius 2 is 1.34 bits per heavy atom. The van der Waals surface area contributed by atoms with E-state index in [2.05, 4.69) is 106 Å². The number of nitrogens with zero attached hydrogens (tertiary/aromatic N) is 3. The standard InChI is InChI=1S/C30H20N3PS/c35-34(21-10-2-1-3-11-21,22-12-9-19-31-20-22)28-18-8-16-26-29(28)33-27-17-7-6-14-24(27)23-13-4-5-15-25(23)30(33)32-26/h1-20H. The van der Waals surface area contributed by atoms with E-state index in [-0.39, 0.29) is 0 Å². The summed E-state index contributed by atoms with van der Waals surface area (Å²) in [4.78, 5) is 9.64. The highest BCUT2D eigenvalue weighted by molar-refractivity contribution is 8.25. The fraction of sp³-hybridized carbons (Fsp3) is 0. The second-order valence-electron chi connectivity index (χ2n) is 8.63. The molecule has 3 aromatic heterocycles. The van der Waals surface area contributed by atoms with Gasteiger partial charge in [-0.15, -0.1) is 0 Å². The van der Waals surface area contributed by atoms with Crippen molar-refractivity contribution in [3.63, 3.8) is 0 Å². The molecule has 1 unspecified atom stereocenters.